The van der Waals surface area contributed by atoms with Crippen molar-refractivity contribution in [1.29, 1.82) is 0 Å². The Morgan fingerprint density at radius 2 is 1.64 bits per heavy atom. The lowest BCUT2D eigenvalue weighted by Crippen LogP contribution is -2.21. The maximum atomic E-state index is 12.9. The highest BCUT2D eigenvalue weighted by molar-refractivity contribution is 7.92. The number of aromatic nitrogens is 1. The number of rotatable bonds is 8. The molecule has 0 saturated heterocycles. The van der Waals surface area contributed by atoms with Gasteiger partial charge >= 0.3 is 6.36 Å². The third-order valence-electron chi connectivity index (χ3n) is 6.26. The average Bonchev–Trinajstić information content (AvgIpc) is 3.21. The fraction of sp³-hybridized carbons (Fsp3) is 0.222. The number of nitrogens with two attached hydrogens (primary N) is 1. The first-order chi connectivity index (χ1) is 18.1. The molecule has 12 heteroatoms. The summed E-state index contributed by atoms with van der Waals surface area (Å²) in [5, 5.41) is 0.647. The van der Waals surface area contributed by atoms with E-state index in [0.29, 0.717) is 33.4 Å². The molecule has 0 atom stereocenters. The third-order valence-corrected chi connectivity index (χ3v) is 6.86. The molecule has 39 heavy (non-hydrogen) atoms. The summed E-state index contributed by atoms with van der Waals surface area (Å²) < 4.78 is 75.8. The number of ether oxygens (including phenoxy) is 2. The first kappa shape index (κ1) is 27.8. The van der Waals surface area contributed by atoms with Gasteiger partial charge in [0.05, 0.1) is 24.6 Å². The van der Waals surface area contributed by atoms with E-state index in [0.717, 1.165) is 12.3 Å². The number of halogens is 3. The standard InChI is InChI=1S/C27H26F3N3O5S/c1-26(2,18-12-21(37-3)15-22(13-18)38-27(28,29)30)17-6-5-7-20(11-17)33-23-14-19(32-39(4,35)36)9-8-16(23)10-24(33)25(31)34/h5-15,32H,1-4H3,(H2,31,34). The van der Waals surface area contributed by atoms with Gasteiger partial charge in [-0.25, -0.2) is 8.42 Å². The Bertz CT molecular complexity index is 1680. The molecule has 1 amide bonds. The summed E-state index contributed by atoms with van der Waals surface area (Å²) in [4.78, 5) is 12.4. The van der Waals surface area contributed by atoms with Crippen LogP contribution in [0.15, 0.2) is 66.7 Å². The number of fused-ring (bicyclic) bond motifs is 1. The largest absolute Gasteiger partial charge is 0.573 e. The van der Waals surface area contributed by atoms with Crippen LogP contribution in [-0.2, 0) is 15.4 Å². The lowest BCUT2D eigenvalue weighted by atomic mass is 9.78. The molecule has 4 aromatic rings. The van der Waals surface area contributed by atoms with E-state index in [1.54, 1.807) is 59.2 Å². The van der Waals surface area contributed by atoms with E-state index in [1.165, 1.54) is 13.2 Å². The predicted molar refractivity (Wildman–Crippen MR) is 142 cm³/mol. The van der Waals surface area contributed by atoms with Crippen molar-refractivity contribution in [2.24, 2.45) is 5.73 Å². The number of benzene rings is 3. The number of hydrogen-bond acceptors (Lipinski definition) is 5. The molecule has 8 nitrogen and oxygen atoms in total. The predicted octanol–water partition coefficient (Wildman–Crippen LogP) is 5.33. The Morgan fingerprint density at radius 1 is 0.949 bits per heavy atom. The molecular weight excluding hydrogens is 535 g/mol. The van der Waals surface area contributed by atoms with Gasteiger partial charge in [-0.3, -0.25) is 9.52 Å². The summed E-state index contributed by atoms with van der Waals surface area (Å²) in [7, 11) is -2.21. The van der Waals surface area contributed by atoms with Crippen molar-refractivity contribution in [1.82, 2.24) is 4.57 Å². The summed E-state index contributed by atoms with van der Waals surface area (Å²) in [6.45, 7) is 3.66. The number of sulfonamides is 1. The highest BCUT2D eigenvalue weighted by atomic mass is 32.2. The number of carbonyl (C=O) groups is 1. The summed E-state index contributed by atoms with van der Waals surface area (Å²) in [5.74, 6) is -0.927. The Hall–Kier alpha value is -4.19. The van der Waals surface area contributed by atoms with Gasteiger partial charge in [-0.1, -0.05) is 32.0 Å². The normalized spacial score (nSPS) is 12.4. The number of nitrogens with one attached hydrogen (secondary N) is 1. The number of hydrogen-bond donors (Lipinski definition) is 2. The van der Waals surface area contributed by atoms with Crippen LogP contribution in [0.3, 0.4) is 0 Å². The molecule has 1 aromatic heterocycles. The number of alkyl halides is 3. The fourth-order valence-corrected chi connectivity index (χ4v) is 4.94. The number of carbonyl (C=O) groups excluding carboxylic acids is 1. The van der Waals surface area contributed by atoms with Crippen LogP contribution in [0.1, 0.15) is 35.5 Å². The van der Waals surface area contributed by atoms with E-state index >= 15 is 0 Å². The van der Waals surface area contributed by atoms with Gasteiger partial charge < -0.3 is 19.8 Å². The Labute approximate surface area is 223 Å². The number of amides is 1. The molecule has 4 rings (SSSR count). The second-order valence-corrected chi connectivity index (χ2v) is 11.2. The third kappa shape index (κ3) is 6.11. The van der Waals surface area contributed by atoms with E-state index in [9.17, 15) is 26.4 Å². The van der Waals surface area contributed by atoms with Crippen molar-refractivity contribution in [3.63, 3.8) is 0 Å². The van der Waals surface area contributed by atoms with E-state index in [2.05, 4.69) is 9.46 Å². The van der Waals surface area contributed by atoms with Crippen LogP contribution >= 0.6 is 0 Å². The lowest BCUT2D eigenvalue weighted by Gasteiger charge is -2.28. The molecule has 0 radical (unpaired) electrons. The molecule has 0 aliphatic rings. The molecule has 206 valence electrons. The van der Waals surface area contributed by atoms with Gasteiger partial charge in [0, 0.05) is 22.6 Å². The summed E-state index contributed by atoms with van der Waals surface area (Å²) >= 11 is 0. The molecule has 3 N–H and O–H groups in total. The maximum absolute atomic E-state index is 12.9. The molecular formula is C27H26F3N3O5S. The molecule has 0 unspecified atom stereocenters. The second kappa shape index (κ2) is 9.84. The average molecular weight is 562 g/mol. The lowest BCUT2D eigenvalue weighted by molar-refractivity contribution is -0.274. The molecule has 0 fully saturated rings. The van der Waals surface area contributed by atoms with Gasteiger partial charge in [-0.15, -0.1) is 13.2 Å². The number of primary amides is 1. The fourth-order valence-electron chi connectivity index (χ4n) is 4.38. The van der Waals surface area contributed by atoms with Gasteiger partial charge in [-0.05, 0) is 53.6 Å². The molecule has 0 bridgehead atoms. The van der Waals surface area contributed by atoms with Crippen LogP contribution in [-0.4, -0.2) is 38.6 Å². The summed E-state index contributed by atoms with van der Waals surface area (Å²) in [5.41, 5.74) is 7.55. The molecule has 0 spiro atoms. The van der Waals surface area contributed by atoms with Gasteiger partial charge in [0.25, 0.3) is 5.91 Å². The minimum Gasteiger partial charge on any atom is -0.497 e. The van der Waals surface area contributed by atoms with E-state index in [4.69, 9.17) is 10.5 Å². The number of nitrogens with zero attached hydrogens (tertiary/aromatic N) is 1. The maximum Gasteiger partial charge on any atom is 0.573 e. The van der Waals surface area contributed by atoms with Crippen LogP contribution in [0, 0.1) is 0 Å². The zero-order valence-electron chi connectivity index (χ0n) is 21.5. The van der Waals surface area contributed by atoms with Crippen molar-refractivity contribution in [3.8, 4) is 17.2 Å². The van der Waals surface area contributed by atoms with E-state index in [1.807, 2.05) is 13.8 Å². The van der Waals surface area contributed by atoms with Crippen molar-refractivity contribution < 1.29 is 35.9 Å². The highest BCUT2D eigenvalue weighted by Crippen LogP contribution is 2.38. The Kier molecular flexibility index (Phi) is 7.02. The minimum atomic E-state index is -4.88. The first-order valence-corrected chi connectivity index (χ1v) is 13.5. The van der Waals surface area contributed by atoms with Crippen LogP contribution in [0.4, 0.5) is 18.9 Å². The van der Waals surface area contributed by atoms with Gasteiger partial charge in [-0.2, -0.15) is 0 Å². The van der Waals surface area contributed by atoms with Crippen LogP contribution in [0.2, 0.25) is 0 Å². The zero-order valence-corrected chi connectivity index (χ0v) is 22.3. The molecule has 3 aromatic carbocycles. The van der Waals surface area contributed by atoms with E-state index in [-0.39, 0.29) is 11.4 Å². The van der Waals surface area contributed by atoms with Crippen LogP contribution in [0.5, 0.6) is 11.5 Å². The van der Waals surface area contributed by atoms with Gasteiger partial charge in [0.1, 0.15) is 17.2 Å². The van der Waals surface area contributed by atoms with Gasteiger partial charge in [0.15, 0.2) is 0 Å². The number of anilines is 1. The monoisotopic (exact) mass is 561 g/mol. The molecule has 0 saturated carbocycles. The SMILES string of the molecule is COc1cc(OC(F)(F)F)cc(C(C)(C)c2cccc(-n3c(C(N)=O)cc4ccc(NS(C)(=O)=O)cc43)c2)c1. The summed E-state index contributed by atoms with van der Waals surface area (Å²) in [6.07, 6.45) is -3.85. The Morgan fingerprint density at radius 3 is 2.26 bits per heavy atom. The number of methoxy groups -OCH3 is 1. The molecule has 0 aliphatic carbocycles. The highest BCUT2D eigenvalue weighted by Gasteiger charge is 2.33. The van der Waals surface area contributed by atoms with Crippen LogP contribution < -0.4 is 19.9 Å². The van der Waals surface area contributed by atoms with Gasteiger partial charge in [0.2, 0.25) is 10.0 Å². The smallest absolute Gasteiger partial charge is 0.497 e. The van der Waals surface area contributed by atoms with Crippen molar-refractivity contribution in [2.75, 3.05) is 18.1 Å². The van der Waals surface area contributed by atoms with Crippen molar-refractivity contribution >= 4 is 32.5 Å². The zero-order chi connectivity index (χ0) is 28.8. The second-order valence-electron chi connectivity index (χ2n) is 9.50. The first-order valence-electron chi connectivity index (χ1n) is 11.6. The van der Waals surface area contributed by atoms with Crippen molar-refractivity contribution in [2.45, 2.75) is 25.6 Å². The molecule has 0 aliphatic heterocycles. The topological polar surface area (TPSA) is 113 Å². The van der Waals surface area contributed by atoms with Crippen LogP contribution in [0.25, 0.3) is 16.6 Å². The molecule has 1 heterocycles. The quantitative estimate of drug-likeness (QED) is 0.302. The minimum absolute atomic E-state index is 0.165. The summed E-state index contributed by atoms with van der Waals surface area (Å²) in [6, 6.07) is 17.6. The van der Waals surface area contributed by atoms with Crippen molar-refractivity contribution in [3.05, 3.63) is 83.6 Å². The Balaban J connectivity index is 1.87. The van der Waals surface area contributed by atoms with E-state index < -0.39 is 33.5 Å².